The van der Waals surface area contributed by atoms with E-state index in [0.717, 1.165) is 43.8 Å². The minimum atomic E-state index is -0.125. The third kappa shape index (κ3) is 5.74. The van der Waals surface area contributed by atoms with E-state index in [9.17, 15) is 4.79 Å². The second-order valence-corrected chi connectivity index (χ2v) is 11.1. The zero-order valence-corrected chi connectivity index (χ0v) is 28.1. The summed E-state index contributed by atoms with van der Waals surface area (Å²) >= 11 is 0. The molecular weight excluding hydrogens is 740 g/mol. The fraction of sp³-hybridized carbons (Fsp3) is 0.0541. The number of nitrogens with zero attached hydrogens (tertiary/aromatic N) is 8. The molecule has 2 aliphatic heterocycles. The van der Waals surface area contributed by atoms with Gasteiger partial charge in [-0.3, -0.25) is 4.79 Å². The normalized spacial score (nSPS) is 11.7. The molecule has 0 amide bonds. The molecule has 231 valence electrons. The molecular formula is C37H24EuN8O2. The molecule has 0 saturated carbocycles. The number of ketones is 1. The topological polar surface area (TPSA) is 143 Å². The Morgan fingerprint density at radius 3 is 1.00 bits per heavy atom. The standard InChI is InChI=1S/C32H16N8.C5H8O2.Eu/c1-2-10-18-17(9-1)25-33-26(18)38-28-21-13-5-6-14-22(21)30(35-28)40-32-24-16-8-7-15-23(24)31(36-32)39-29-20-12-4-3-11-19(20)27(34-29)37-25;1-4(6)3-5(2)7;/h1-16H;3,6H,1-2H3;/q-2;;+2/b;4-3-;. The fourth-order valence-electron chi connectivity index (χ4n) is 5.75. The summed E-state index contributed by atoms with van der Waals surface area (Å²) in [5.74, 6) is 2.15. The molecule has 0 saturated heterocycles. The van der Waals surface area contributed by atoms with Crippen molar-refractivity contribution in [2.75, 3.05) is 0 Å². The maximum atomic E-state index is 10.0. The van der Waals surface area contributed by atoms with E-state index in [2.05, 4.69) is 0 Å². The van der Waals surface area contributed by atoms with Gasteiger partial charge < -0.3 is 35.0 Å². The average molecular weight is 765 g/mol. The van der Waals surface area contributed by atoms with Crippen molar-refractivity contribution in [1.29, 1.82) is 0 Å². The number of hydrogen-bond acceptors (Lipinski definition) is 8. The Balaban J connectivity index is 0.000000415. The molecule has 3 aromatic heterocycles. The summed E-state index contributed by atoms with van der Waals surface area (Å²) < 4.78 is 0. The third-order valence-electron chi connectivity index (χ3n) is 7.74. The van der Waals surface area contributed by atoms with Crippen LogP contribution in [0.25, 0.3) is 89.7 Å². The first kappa shape index (κ1) is 31.6. The Bertz CT molecular complexity index is 2280. The maximum absolute atomic E-state index is 10.0. The van der Waals surface area contributed by atoms with Gasteiger partial charge in [0.1, 0.15) is 0 Å². The molecule has 48 heavy (non-hydrogen) atoms. The first-order chi connectivity index (χ1) is 22.9. The van der Waals surface area contributed by atoms with Gasteiger partial charge in [-0.25, -0.2) is 9.97 Å². The van der Waals surface area contributed by atoms with Crippen molar-refractivity contribution >= 4 is 49.9 Å². The minimum Gasteiger partial charge on any atom is -0.512 e. The third-order valence-corrected chi connectivity index (χ3v) is 7.74. The van der Waals surface area contributed by atoms with Crippen molar-refractivity contribution in [1.82, 2.24) is 39.9 Å². The molecule has 7 aromatic rings. The molecule has 1 radical (unpaired) electrons. The number of carbonyl (C=O) groups excluding carboxylic acids is 1. The quantitative estimate of drug-likeness (QED) is 0.135. The molecule has 0 atom stereocenters. The van der Waals surface area contributed by atoms with Gasteiger partial charge in [-0.1, -0.05) is 97.1 Å². The predicted molar refractivity (Wildman–Crippen MR) is 181 cm³/mol. The molecule has 0 spiro atoms. The number of aliphatic hydroxyl groups is 1. The van der Waals surface area contributed by atoms with Crippen molar-refractivity contribution in [3.05, 3.63) is 109 Å². The van der Waals surface area contributed by atoms with Crippen LogP contribution in [0.5, 0.6) is 0 Å². The smallest absolute Gasteiger partial charge is 0.512 e. The molecule has 10 nitrogen and oxygen atoms in total. The number of aliphatic hydroxyl groups excluding tert-OH is 1. The van der Waals surface area contributed by atoms with Crippen LogP contribution in [-0.2, 0) is 4.79 Å². The molecule has 0 unspecified atom stereocenters. The molecule has 9 rings (SSSR count). The maximum Gasteiger partial charge on any atom is 2.00 e. The number of aromatic nitrogens is 8. The monoisotopic (exact) mass is 765 g/mol. The first-order valence-corrected chi connectivity index (χ1v) is 14.9. The Hall–Kier alpha value is -4.97. The summed E-state index contributed by atoms with van der Waals surface area (Å²) in [5, 5.41) is 11.9. The van der Waals surface area contributed by atoms with Gasteiger partial charge in [0.15, 0.2) is 5.78 Å². The molecule has 1 N–H and O–H groups in total. The minimum absolute atomic E-state index is 0. The van der Waals surface area contributed by atoms with Gasteiger partial charge in [0, 0.05) is 50.9 Å². The van der Waals surface area contributed by atoms with Gasteiger partial charge >= 0.3 is 49.4 Å². The van der Waals surface area contributed by atoms with E-state index in [0.29, 0.717) is 45.9 Å². The zero-order valence-electron chi connectivity index (χ0n) is 25.6. The second-order valence-electron chi connectivity index (χ2n) is 11.1. The van der Waals surface area contributed by atoms with E-state index < -0.39 is 0 Å². The zero-order chi connectivity index (χ0) is 32.1. The van der Waals surface area contributed by atoms with Gasteiger partial charge in [0.2, 0.25) is 0 Å². The Kier molecular flexibility index (Phi) is 8.51. The summed E-state index contributed by atoms with van der Waals surface area (Å²) in [4.78, 5) is 49.3. The van der Waals surface area contributed by atoms with E-state index in [1.54, 1.807) is 0 Å². The largest absolute Gasteiger partial charge is 2.00 e. The van der Waals surface area contributed by atoms with Crippen LogP contribution < -0.4 is 9.97 Å². The van der Waals surface area contributed by atoms with Crippen LogP contribution in [0.4, 0.5) is 0 Å². The SMILES string of the molecule is CC(=O)/C=C(/C)O.[Eu+2].c1ccc2c(c1)-c1nc-2nc2[n-]c(nc3nc(nc4[n-]c(n1)c1ccccc41)-c1ccccc1-3)c1ccccc21. The number of fused-ring (bicyclic) bond motifs is 20. The van der Waals surface area contributed by atoms with Gasteiger partial charge in [-0.05, 0) is 35.4 Å². The van der Waals surface area contributed by atoms with Crippen LogP contribution in [0, 0.1) is 49.4 Å². The predicted octanol–water partition coefficient (Wildman–Crippen LogP) is 7.16. The van der Waals surface area contributed by atoms with E-state index >= 15 is 0 Å². The first-order valence-electron chi connectivity index (χ1n) is 14.9. The average Bonchev–Trinajstić information content (AvgIpc) is 3.80. The van der Waals surface area contributed by atoms with Crippen LogP contribution in [0.2, 0.25) is 0 Å². The number of carbonyl (C=O) groups is 1. The van der Waals surface area contributed by atoms with Crippen LogP contribution in [0.3, 0.4) is 0 Å². The van der Waals surface area contributed by atoms with Crippen LogP contribution >= 0.6 is 0 Å². The van der Waals surface area contributed by atoms with Crippen molar-refractivity contribution in [3.63, 3.8) is 0 Å². The van der Waals surface area contributed by atoms with Crippen LogP contribution in [-0.4, -0.2) is 40.8 Å². The van der Waals surface area contributed by atoms with Crippen molar-refractivity contribution < 1.29 is 59.3 Å². The molecule has 11 heteroatoms. The molecule has 0 fully saturated rings. The van der Waals surface area contributed by atoms with Crippen LogP contribution in [0.15, 0.2) is 109 Å². The van der Waals surface area contributed by atoms with Gasteiger partial charge in [-0.2, -0.15) is 0 Å². The van der Waals surface area contributed by atoms with Crippen molar-refractivity contribution in [2.45, 2.75) is 13.8 Å². The van der Waals surface area contributed by atoms with E-state index in [1.807, 2.05) is 97.1 Å². The van der Waals surface area contributed by atoms with E-state index in [1.165, 1.54) is 19.9 Å². The van der Waals surface area contributed by atoms with Gasteiger partial charge in [0.25, 0.3) is 0 Å². The Morgan fingerprint density at radius 1 is 0.500 bits per heavy atom. The molecule has 8 bridgehead atoms. The summed E-state index contributed by atoms with van der Waals surface area (Å²) in [6.45, 7) is 2.85. The summed E-state index contributed by atoms with van der Waals surface area (Å²) in [5.41, 5.74) is 5.78. The number of allylic oxidation sites excluding steroid dienone is 2. The Morgan fingerprint density at radius 2 is 0.771 bits per heavy atom. The molecule has 5 heterocycles. The fourth-order valence-corrected chi connectivity index (χ4v) is 5.75. The summed E-state index contributed by atoms with van der Waals surface area (Å²) in [7, 11) is 0. The van der Waals surface area contributed by atoms with Gasteiger partial charge in [-0.15, -0.1) is 0 Å². The summed E-state index contributed by atoms with van der Waals surface area (Å²) in [6.07, 6.45) is 1.17. The number of hydrogen-bond donors (Lipinski definition) is 1. The van der Waals surface area contributed by atoms with Crippen molar-refractivity contribution in [2.24, 2.45) is 0 Å². The van der Waals surface area contributed by atoms with Gasteiger partial charge in [0.05, 0.1) is 29.1 Å². The van der Waals surface area contributed by atoms with E-state index in [4.69, 9.17) is 45.0 Å². The molecule has 0 aliphatic carbocycles. The van der Waals surface area contributed by atoms with Crippen LogP contribution in [0.1, 0.15) is 13.8 Å². The van der Waals surface area contributed by atoms with Crippen molar-refractivity contribution in [3.8, 4) is 45.6 Å². The molecule has 4 aromatic carbocycles. The molecule has 2 aliphatic rings. The Labute approximate surface area is 314 Å². The second kappa shape index (κ2) is 12.9. The number of rotatable bonds is 1. The number of benzene rings is 4. The summed E-state index contributed by atoms with van der Waals surface area (Å²) in [6, 6.07) is 31.8. The van der Waals surface area contributed by atoms with E-state index in [-0.39, 0.29) is 60.9 Å².